The van der Waals surface area contributed by atoms with Crippen molar-refractivity contribution in [2.24, 2.45) is 0 Å². The van der Waals surface area contributed by atoms with Gasteiger partial charge in [0.1, 0.15) is 11.3 Å². The van der Waals surface area contributed by atoms with Gasteiger partial charge in [-0.3, -0.25) is 4.79 Å². The van der Waals surface area contributed by atoms with Gasteiger partial charge in [-0.1, -0.05) is 0 Å². The van der Waals surface area contributed by atoms with E-state index in [9.17, 15) is 23.1 Å². The van der Waals surface area contributed by atoms with Crippen molar-refractivity contribution < 1.29 is 27.5 Å². The number of amides is 1. The van der Waals surface area contributed by atoms with Gasteiger partial charge in [-0.25, -0.2) is 17.9 Å². The minimum atomic E-state index is -3.37. The van der Waals surface area contributed by atoms with Crippen LogP contribution in [0.5, 0.6) is 0 Å². The van der Waals surface area contributed by atoms with Crippen molar-refractivity contribution in [2.45, 2.75) is 24.9 Å². The number of rotatable bonds is 6. The molecular formula is C13H18N2O6S2. The second-order valence-corrected chi connectivity index (χ2v) is 8.37. The third-order valence-electron chi connectivity index (χ3n) is 3.50. The summed E-state index contributed by atoms with van der Waals surface area (Å²) in [4.78, 5) is 23.8. The van der Waals surface area contributed by atoms with Crippen molar-refractivity contribution in [3.05, 3.63) is 23.7 Å². The molecule has 0 aromatic carbocycles. The van der Waals surface area contributed by atoms with Crippen molar-refractivity contribution in [1.29, 1.82) is 0 Å². The average molecular weight is 362 g/mol. The van der Waals surface area contributed by atoms with Crippen molar-refractivity contribution >= 4 is 33.7 Å². The maximum atomic E-state index is 12.2. The van der Waals surface area contributed by atoms with E-state index in [0.29, 0.717) is 24.3 Å². The Kier molecular flexibility index (Phi) is 5.37. The second-order valence-electron chi connectivity index (χ2n) is 5.31. The lowest BCUT2D eigenvalue weighted by molar-refractivity contribution is -0.144. The van der Waals surface area contributed by atoms with Gasteiger partial charge < -0.3 is 14.8 Å². The first-order valence-electron chi connectivity index (χ1n) is 6.89. The second kappa shape index (κ2) is 6.93. The first kappa shape index (κ1) is 17.8. The Hall–Kier alpha value is -1.52. The highest BCUT2D eigenvalue weighted by Crippen LogP contribution is 2.28. The third-order valence-corrected chi connectivity index (χ3v) is 5.16. The molecular weight excluding hydrogens is 344 g/mol. The summed E-state index contributed by atoms with van der Waals surface area (Å²) in [6.45, 7) is -0.0766. The van der Waals surface area contributed by atoms with E-state index in [4.69, 9.17) is 4.42 Å². The number of carbonyl (C=O) groups excluding carboxylic acids is 1. The molecule has 8 nitrogen and oxygen atoms in total. The zero-order valence-electron chi connectivity index (χ0n) is 12.5. The van der Waals surface area contributed by atoms with Gasteiger partial charge >= 0.3 is 5.97 Å². The van der Waals surface area contributed by atoms with Gasteiger partial charge in [-0.05, 0) is 36.5 Å². The van der Waals surface area contributed by atoms with Crippen molar-refractivity contribution in [3.8, 4) is 0 Å². The summed E-state index contributed by atoms with van der Waals surface area (Å²) in [5.41, 5.74) is -1.28. The van der Waals surface area contributed by atoms with Gasteiger partial charge in [0.05, 0.1) is 12.8 Å². The van der Waals surface area contributed by atoms with E-state index in [0.717, 1.165) is 6.26 Å². The first-order chi connectivity index (χ1) is 10.7. The Morgan fingerprint density at radius 2 is 2.00 bits per heavy atom. The standard InChI is InChI=1S/C13H18N2O6S2/c1-23(19,20)14-8-9-2-3-10(21-9)11(16)15-13(12(17)18)4-6-22-7-5-13/h2-3,14H,4-8H2,1H3,(H,15,16)(H,17,18). The van der Waals surface area contributed by atoms with Crippen LogP contribution in [-0.4, -0.2) is 48.7 Å². The van der Waals surface area contributed by atoms with Gasteiger partial charge in [-0.2, -0.15) is 11.8 Å². The van der Waals surface area contributed by atoms with E-state index in [2.05, 4.69) is 10.0 Å². The average Bonchev–Trinajstić information content (AvgIpc) is 2.94. The summed E-state index contributed by atoms with van der Waals surface area (Å²) in [6, 6.07) is 2.86. The summed E-state index contributed by atoms with van der Waals surface area (Å²) in [6.07, 6.45) is 1.71. The minimum absolute atomic E-state index is 0.0471. The molecule has 0 atom stereocenters. The Labute approximate surface area is 138 Å². The van der Waals surface area contributed by atoms with Gasteiger partial charge in [0.2, 0.25) is 10.0 Å². The predicted molar refractivity (Wildman–Crippen MR) is 84.8 cm³/mol. The highest BCUT2D eigenvalue weighted by Gasteiger charge is 2.41. The molecule has 23 heavy (non-hydrogen) atoms. The summed E-state index contributed by atoms with van der Waals surface area (Å²) < 4.78 is 29.6. The van der Waals surface area contributed by atoms with Crippen LogP contribution in [0.4, 0.5) is 0 Å². The van der Waals surface area contributed by atoms with Crippen molar-refractivity contribution in [3.63, 3.8) is 0 Å². The largest absolute Gasteiger partial charge is 0.480 e. The molecule has 0 saturated carbocycles. The van der Waals surface area contributed by atoms with Gasteiger partial charge in [-0.15, -0.1) is 0 Å². The van der Waals surface area contributed by atoms with Crippen LogP contribution in [-0.2, 0) is 21.4 Å². The van der Waals surface area contributed by atoms with Crippen LogP contribution in [0.2, 0.25) is 0 Å². The van der Waals surface area contributed by atoms with Crippen molar-refractivity contribution in [1.82, 2.24) is 10.0 Å². The van der Waals surface area contributed by atoms with E-state index < -0.39 is 27.4 Å². The van der Waals surface area contributed by atoms with Crippen LogP contribution in [0.15, 0.2) is 16.5 Å². The molecule has 1 amide bonds. The van der Waals surface area contributed by atoms with Crippen LogP contribution in [0.3, 0.4) is 0 Å². The number of hydrogen-bond acceptors (Lipinski definition) is 6. The Morgan fingerprint density at radius 3 is 2.57 bits per heavy atom. The molecule has 0 aliphatic carbocycles. The van der Waals surface area contributed by atoms with Crippen LogP contribution in [0.1, 0.15) is 29.2 Å². The number of furan rings is 1. The smallest absolute Gasteiger partial charge is 0.329 e. The molecule has 1 aliphatic heterocycles. The maximum Gasteiger partial charge on any atom is 0.329 e. The number of carbonyl (C=O) groups is 2. The quantitative estimate of drug-likeness (QED) is 0.669. The number of sulfonamides is 1. The Morgan fingerprint density at radius 1 is 1.35 bits per heavy atom. The lowest BCUT2D eigenvalue weighted by Gasteiger charge is -2.33. The number of aliphatic carboxylic acids is 1. The van der Waals surface area contributed by atoms with Crippen LogP contribution in [0, 0.1) is 0 Å². The van der Waals surface area contributed by atoms with Gasteiger partial charge in [0, 0.05) is 0 Å². The fourth-order valence-electron chi connectivity index (χ4n) is 2.19. The zero-order chi connectivity index (χ0) is 17.1. The normalized spacial score (nSPS) is 17.6. The zero-order valence-corrected chi connectivity index (χ0v) is 14.1. The first-order valence-corrected chi connectivity index (χ1v) is 9.93. The molecule has 1 aromatic heterocycles. The van der Waals surface area contributed by atoms with Crippen LogP contribution < -0.4 is 10.0 Å². The Bertz CT molecular complexity index is 691. The summed E-state index contributed by atoms with van der Waals surface area (Å²) in [5, 5.41) is 12.0. The molecule has 0 bridgehead atoms. The summed E-state index contributed by atoms with van der Waals surface area (Å²) >= 11 is 1.65. The molecule has 2 heterocycles. The highest BCUT2D eigenvalue weighted by atomic mass is 32.2. The highest BCUT2D eigenvalue weighted by molar-refractivity contribution is 7.99. The molecule has 0 unspecified atom stereocenters. The topological polar surface area (TPSA) is 126 Å². The number of carboxylic acids is 1. The predicted octanol–water partition coefficient (Wildman–Crippen LogP) is 0.409. The Balaban J connectivity index is 2.05. The molecule has 3 N–H and O–H groups in total. The van der Waals surface area contributed by atoms with E-state index in [1.54, 1.807) is 11.8 Å². The van der Waals surface area contributed by atoms with E-state index >= 15 is 0 Å². The SMILES string of the molecule is CS(=O)(=O)NCc1ccc(C(=O)NC2(C(=O)O)CCSCC2)o1. The van der Waals surface area contributed by atoms with E-state index in [1.165, 1.54) is 12.1 Å². The summed E-state index contributed by atoms with van der Waals surface area (Å²) in [7, 11) is -3.37. The maximum absolute atomic E-state index is 12.2. The number of nitrogens with one attached hydrogen (secondary N) is 2. The fourth-order valence-corrected chi connectivity index (χ4v) is 3.78. The van der Waals surface area contributed by atoms with Gasteiger partial charge in [0.25, 0.3) is 5.91 Å². The monoisotopic (exact) mass is 362 g/mol. The van der Waals surface area contributed by atoms with E-state index in [1.807, 2.05) is 0 Å². The molecule has 128 valence electrons. The fraction of sp³-hybridized carbons (Fsp3) is 0.538. The molecule has 1 aromatic rings. The molecule has 1 saturated heterocycles. The van der Waals surface area contributed by atoms with Crippen molar-refractivity contribution in [2.75, 3.05) is 17.8 Å². The molecule has 0 spiro atoms. The lowest BCUT2D eigenvalue weighted by atomic mass is 9.92. The minimum Gasteiger partial charge on any atom is -0.480 e. The molecule has 2 rings (SSSR count). The van der Waals surface area contributed by atoms with Crippen LogP contribution >= 0.6 is 11.8 Å². The molecule has 1 fully saturated rings. The number of thioether (sulfide) groups is 1. The molecule has 10 heteroatoms. The molecule has 1 aliphatic rings. The van der Waals surface area contributed by atoms with Crippen LogP contribution in [0.25, 0.3) is 0 Å². The third kappa shape index (κ3) is 4.72. The lowest BCUT2D eigenvalue weighted by Crippen LogP contribution is -2.56. The van der Waals surface area contributed by atoms with E-state index in [-0.39, 0.29) is 18.1 Å². The molecule has 0 radical (unpaired) electrons. The number of carboxylic acid groups (broad SMARTS) is 1. The summed E-state index contributed by atoms with van der Waals surface area (Å²) in [5.74, 6) is -0.136. The van der Waals surface area contributed by atoms with Gasteiger partial charge in [0.15, 0.2) is 5.76 Å². The number of hydrogen-bond donors (Lipinski definition) is 3.